The Kier molecular flexibility index (Phi) is 7.87. The topological polar surface area (TPSA) is 105 Å². The molecule has 1 N–H and O–H groups in total. The maximum Gasteiger partial charge on any atom is 0.291 e. The molecule has 0 spiro atoms. The van der Waals surface area contributed by atoms with Crippen molar-refractivity contribution in [1.29, 1.82) is 5.26 Å². The number of nitriles is 1. The predicted octanol–water partition coefficient (Wildman–Crippen LogP) is 4.26. The van der Waals surface area contributed by atoms with E-state index in [4.69, 9.17) is 19.2 Å². The van der Waals surface area contributed by atoms with Crippen LogP contribution in [0.4, 0.5) is 11.4 Å². The van der Waals surface area contributed by atoms with Crippen LogP contribution in [0.2, 0.25) is 0 Å². The van der Waals surface area contributed by atoms with Crippen molar-refractivity contribution in [3.05, 3.63) is 72.7 Å². The van der Waals surface area contributed by atoms with Gasteiger partial charge in [-0.2, -0.15) is 5.26 Å². The molecule has 0 fully saturated rings. The highest BCUT2D eigenvalue weighted by molar-refractivity contribution is 6.02. The van der Waals surface area contributed by atoms with Gasteiger partial charge in [-0.25, -0.2) is 0 Å². The molecule has 3 rings (SSSR count). The van der Waals surface area contributed by atoms with Gasteiger partial charge in [-0.1, -0.05) is 6.07 Å². The van der Waals surface area contributed by atoms with Gasteiger partial charge in [0.15, 0.2) is 12.4 Å². The van der Waals surface area contributed by atoms with Crippen LogP contribution in [0.5, 0.6) is 11.5 Å². The molecule has 164 valence electrons. The van der Waals surface area contributed by atoms with Crippen LogP contribution in [0.15, 0.2) is 71.3 Å². The van der Waals surface area contributed by atoms with Crippen molar-refractivity contribution in [3.63, 3.8) is 0 Å². The van der Waals surface area contributed by atoms with E-state index in [0.717, 1.165) is 0 Å². The van der Waals surface area contributed by atoms with Gasteiger partial charge in [-0.05, 0) is 55.5 Å². The lowest BCUT2D eigenvalue weighted by Gasteiger charge is -2.22. The molecule has 3 aromatic rings. The van der Waals surface area contributed by atoms with Gasteiger partial charge in [0.05, 0.1) is 25.4 Å². The van der Waals surface area contributed by atoms with Gasteiger partial charge < -0.3 is 24.1 Å². The second-order valence-corrected chi connectivity index (χ2v) is 6.63. The average molecular weight is 433 g/mol. The van der Waals surface area contributed by atoms with Crippen LogP contribution in [0.1, 0.15) is 23.9 Å². The molecule has 2 aromatic carbocycles. The molecule has 0 bridgehead atoms. The first kappa shape index (κ1) is 22.4. The highest BCUT2D eigenvalue weighted by Gasteiger charge is 2.17. The second-order valence-electron chi connectivity index (χ2n) is 6.63. The van der Waals surface area contributed by atoms with Crippen LogP contribution in [0.3, 0.4) is 0 Å². The minimum atomic E-state index is -0.388. The third kappa shape index (κ3) is 6.12. The summed E-state index contributed by atoms with van der Waals surface area (Å²) >= 11 is 0. The summed E-state index contributed by atoms with van der Waals surface area (Å²) in [6.07, 6.45) is 1.61. The summed E-state index contributed by atoms with van der Waals surface area (Å²) in [5, 5.41) is 11.7. The Labute approximate surface area is 186 Å². The zero-order chi connectivity index (χ0) is 22.8. The van der Waals surface area contributed by atoms with Crippen molar-refractivity contribution in [1.82, 2.24) is 0 Å². The first-order valence-corrected chi connectivity index (χ1v) is 10.1. The number of nitrogens with one attached hydrogen (secondary N) is 1. The number of hydrogen-bond acceptors (Lipinski definition) is 6. The lowest BCUT2D eigenvalue weighted by molar-refractivity contribution is -0.120. The first-order chi connectivity index (χ1) is 15.6. The van der Waals surface area contributed by atoms with Crippen molar-refractivity contribution in [2.24, 2.45) is 0 Å². The Bertz CT molecular complexity index is 1070. The number of nitrogens with zero attached hydrogens (tertiary/aromatic N) is 2. The normalized spacial score (nSPS) is 10.1. The zero-order valence-corrected chi connectivity index (χ0v) is 17.6. The maximum atomic E-state index is 12.8. The number of rotatable bonds is 10. The summed E-state index contributed by atoms with van der Waals surface area (Å²) in [4.78, 5) is 26.5. The fraction of sp³-hybridized carbons (Fsp3) is 0.208. The molecule has 0 unspecified atom stereocenters. The number of furan rings is 1. The predicted molar refractivity (Wildman–Crippen MR) is 119 cm³/mol. The van der Waals surface area contributed by atoms with Gasteiger partial charge in [0, 0.05) is 24.0 Å². The number of hydrogen-bond donors (Lipinski definition) is 1. The van der Waals surface area contributed by atoms with Crippen LogP contribution < -0.4 is 19.7 Å². The van der Waals surface area contributed by atoms with Crippen LogP contribution in [0.25, 0.3) is 0 Å². The summed E-state index contributed by atoms with van der Waals surface area (Å²) in [5.74, 6) is 0.627. The van der Waals surface area contributed by atoms with Crippen LogP contribution in [-0.4, -0.2) is 31.6 Å². The third-order valence-electron chi connectivity index (χ3n) is 4.41. The van der Waals surface area contributed by atoms with E-state index < -0.39 is 0 Å². The molecule has 1 heterocycles. The number of ether oxygens (including phenoxy) is 2. The molecule has 0 saturated heterocycles. The Hall–Kier alpha value is -4.25. The molecule has 0 radical (unpaired) electrons. The average Bonchev–Trinajstić information content (AvgIpc) is 3.35. The molecule has 2 amide bonds. The summed E-state index contributed by atoms with van der Waals surface area (Å²) in [7, 11) is 0. The summed E-state index contributed by atoms with van der Waals surface area (Å²) in [6, 6.07) is 19.0. The highest BCUT2D eigenvalue weighted by Crippen LogP contribution is 2.22. The molecular weight excluding hydrogens is 410 g/mol. The molecule has 1 aromatic heterocycles. The molecule has 32 heavy (non-hydrogen) atoms. The highest BCUT2D eigenvalue weighted by atomic mass is 16.5. The van der Waals surface area contributed by atoms with E-state index >= 15 is 0 Å². The van der Waals surface area contributed by atoms with Crippen molar-refractivity contribution in [2.45, 2.75) is 13.3 Å². The van der Waals surface area contributed by atoms with E-state index in [9.17, 15) is 9.59 Å². The fourth-order valence-electron chi connectivity index (χ4n) is 2.94. The second kappa shape index (κ2) is 11.2. The van der Waals surface area contributed by atoms with Gasteiger partial charge in [0.1, 0.15) is 11.5 Å². The van der Waals surface area contributed by atoms with Crippen molar-refractivity contribution < 1.29 is 23.5 Å². The van der Waals surface area contributed by atoms with Crippen LogP contribution in [0, 0.1) is 11.3 Å². The van der Waals surface area contributed by atoms with Crippen LogP contribution in [-0.2, 0) is 4.79 Å². The molecule has 0 atom stereocenters. The Morgan fingerprint density at radius 2 is 1.88 bits per heavy atom. The Morgan fingerprint density at radius 3 is 2.56 bits per heavy atom. The van der Waals surface area contributed by atoms with E-state index in [1.54, 1.807) is 60.7 Å². The molecule has 0 aliphatic carbocycles. The van der Waals surface area contributed by atoms with E-state index in [-0.39, 0.29) is 37.1 Å². The van der Waals surface area contributed by atoms with Crippen molar-refractivity contribution in [2.75, 3.05) is 30.0 Å². The summed E-state index contributed by atoms with van der Waals surface area (Å²) in [6.45, 7) is 2.46. The first-order valence-electron chi connectivity index (χ1n) is 10.1. The number of benzene rings is 2. The number of amides is 2. The van der Waals surface area contributed by atoms with E-state index in [0.29, 0.717) is 29.5 Å². The van der Waals surface area contributed by atoms with Crippen molar-refractivity contribution >= 4 is 23.2 Å². The summed E-state index contributed by atoms with van der Waals surface area (Å²) < 4.78 is 16.2. The smallest absolute Gasteiger partial charge is 0.291 e. The Morgan fingerprint density at radius 1 is 1.06 bits per heavy atom. The molecular formula is C24H23N3O5. The molecule has 0 saturated carbocycles. The van der Waals surface area contributed by atoms with Gasteiger partial charge in [-0.15, -0.1) is 0 Å². The number of carbonyl (C=O) groups is 2. The SMILES string of the molecule is CCOc1ccc(N(CCC#N)C(=O)COc2cccc(NC(=O)c3ccco3)c2)cc1. The largest absolute Gasteiger partial charge is 0.494 e. The van der Waals surface area contributed by atoms with E-state index in [2.05, 4.69) is 11.4 Å². The minimum absolute atomic E-state index is 0.188. The zero-order valence-electron chi connectivity index (χ0n) is 17.6. The molecule has 8 nitrogen and oxygen atoms in total. The molecule has 0 aliphatic rings. The van der Waals surface area contributed by atoms with Gasteiger partial charge in [0.2, 0.25) is 0 Å². The quantitative estimate of drug-likeness (QED) is 0.512. The monoisotopic (exact) mass is 433 g/mol. The maximum absolute atomic E-state index is 12.8. The van der Waals surface area contributed by atoms with Gasteiger partial charge >= 0.3 is 0 Å². The number of carbonyl (C=O) groups excluding carboxylic acids is 2. The molecule has 8 heteroatoms. The van der Waals surface area contributed by atoms with E-state index in [1.165, 1.54) is 11.2 Å². The fourth-order valence-corrected chi connectivity index (χ4v) is 2.94. The van der Waals surface area contributed by atoms with Crippen LogP contribution >= 0.6 is 0 Å². The lowest BCUT2D eigenvalue weighted by Crippen LogP contribution is -2.35. The lowest BCUT2D eigenvalue weighted by atomic mass is 10.2. The van der Waals surface area contributed by atoms with Gasteiger partial charge in [0.25, 0.3) is 11.8 Å². The van der Waals surface area contributed by atoms with Gasteiger partial charge in [-0.3, -0.25) is 9.59 Å². The standard InChI is InChI=1S/C24H23N3O5/c1-2-30-20-11-9-19(10-12-20)27(14-5-13-25)23(28)17-32-21-7-3-6-18(16-21)26-24(29)22-8-4-15-31-22/h3-4,6-12,15-16H,2,5,14,17H2,1H3,(H,26,29). The third-order valence-corrected chi connectivity index (χ3v) is 4.41. The summed E-state index contributed by atoms with van der Waals surface area (Å²) in [5.41, 5.74) is 1.15. The van der Waals surface area contributed by atoms with Crippen molar-refractivity contribution in [3.8, 4) is 17.6 Å². The minimum Gasteiger partial charge on any atom is -0.494 e. The molecule has 0 aliphatic heterocycles. The van der Waals surface area contributed by atoms with E-state index in [1.807, 2.05) is 6.92 Å². The number of anilines is 2. The Balaban J connectivity index is 1.64.